The highest BCUT2D eigenvalue weighted by molar-refractivity contribution is 8.21. The molecule has 4 N–H and O–H groups in total. The summed E-state index contributed by atoms with van der Waals surface area (Å²) in [6.45, 7) is -0.271. The lowest BCUT2D eigenvalue weighted by molar-refractivity contribution is -0.396. The number of rotatable bonds is 6. The zero-order valence-electron chi connectivity index (χ0n) is 8.18. The first-order valence-corrected chi connectivity index (χ1v) is 5.95. The van der Waals surface area contributed by atoms with Gasteiger partial charge in [0.25, 0.3) is 0 Å². The van der Waals surface area contributed by atoms with Crippen molar-refractivity contribution in [3.8, 4) is 0 Å². The molecule has 0 radical (unpaired) electrons. The van der Waals surface area contributed by atoms with Gasteiger partial charge in [0.15, 0.2) is 5.88 Å². The van der Waals surface area contributed by atoms with Crippen LogP contribution < -0.4 is 4.72 Å². The lowest BCUT2D eigenvalue weighted by Crippen LogP contribution is -2.26. The minimum Gasteiger partial charge on any atom is -0.395 e. The van der Waals surface area contributed by atoms with Gasteiger partial charge in [-0.1, -0.05) is 4.98 Å². The molecule has 0 saturated carbocycles. The minimum absolute atomic E-state index is 0.00910. The van der Waals surface area contributed by atoms with Crippen LogP contribution in [0, 0.1) is 10.1 Å². The average Bonchev–Trinajstić information content (AvgIpc) is 2.62. The Bertz CT molecular complexity index is 368. The zero-order valence-corrected chi connectivity index (χ0v) is 9.00. The average molecular weight is 252 g/mol. The predicted molar refractivity (Wildman–Crippen MR) is 56.8 cm³/mol. The van der Waals surface area contributed by atoms with E-state index in [1.807, 2.05) is 0 Å². The van der Waals surface area contributed by atoms with E-state index < -0.39 is 21.6 Å². The first kappa shape index (κ1) is 12.9. The number of nitrogens with one attached hydrogen (secondary N) is 1. The predicted octanol–water partition coefficient (Wildman–Crippen LogP) is -0.00370. The van der Waals surface area contributed by atoms with Crippen LogP contribution in [-0.4, -0.2) is 41.8 Å². The normalized spacial score (nSPS) is 12.7. The highest BCUT2D eigenvalue weighted by Gasteiger charge is 2.20. The van der Waals surface area contributed by atoms with E-state index >= 15 is 0 Å². The molecule has 0 saturated heterocycles. The minimum atomic E-state index is -3.21. The number of hydrogen-bond donors (Lipinski definition) is 4. The molecule has 16 heavy (non-hydrogen) atoms. The lowest BCUT2D eigenvalue weighted by atomic mass is 10.8. The second-order valence-corrected chi connectivity index (χ2v) is 4.75. The van der Waals surface area contributed by atoms with Gasteiger partial charge in [-0.2, -0.15) is 0 Å². The van der Waals surface area contributed by atoms with Gasteiger partial charge in [-0.05, 0) is 4.92 Å². The third kappa shape index (κ3) is 3.43. The molecule has 1 aromatic heterocycles. The maximum atomic E-state index is 10.5. The summed E-state index contributed by atoms with van der Waals surface area (Å²) < 4.78 is 22.2. The molecule has 0 aliphatic carbocycles. The molecule has 0 unspecified atom stereocenters. The van der Waals surface area contributed by atoms with Crippen LogP contribution in [0.3, 0.4) is 0 Å². The number of imidazole rings is 1. The quantitative estimate of drug-likeness (QED) is 0.413. The largest absolute Gasteiger partial charge is 0.435 e. The first-order valence-electron chi connectivity index (χ1n) is 4.23. The van der Waals surface area contributed by atoms with E-state index in [4.69, 9.17) is 5.11 Å². The number of aliphatic hydroxyl groups is 1. The van der Waals surface area contributed by atoms with Crippen molar-refractivity contribution in [1.29, 1.82) is 0 Å². The Hall–Kier alpha value is -1.20. The van der Waals surface area contributed by atoms with Crippen LogP contribution >= 0.6 is 10.8 Å². The van der Waals surface area contributed by atoms with E-state index in [0.29, 0.717) is 0 Å². The Kier molecular flexibility index (Phi) is 4.20. The van der Waals surface area contributed by atoms with Gasteiger partial charge in [0.2, 0.25) is 0 Å². The third-order valence-electron chi connectivity index (χ3n) is 1.62. The highest BCUT2D eigenvalue weighted by atomic mass is 32.3. The van der Waals surface area contributed by atoms with Crippen LogP contribution in [-0.2, 0) is 5.88 Å². The van der Waals surface area contributed by atoms with Crippen molar-refractivity contribution >= 4 is 16.7 Å². The maximum absolute atomic E-state index is 10.5. The van der Waals surface area contributed by atoms with E-state index in [1.54, 1.807) is 0 Å². The summed E-state index contributed by atoms with van der Waals surface area (Å²) in [7, 11) is -3.21. The summed E-state index contributed by atoms with van der Waals surface area (Å²) in [6.07, 6.45) is 2.46. The van der Waals surface area contributed by atoms with Crippen LogP contribution in [0.25, 0.3) is 0 Å². The molecule has 0 fully saturated rings. The smallest absolute Gasteiger partial charge is 0.395 e. The highest BCUT2D eigenvalue weighted by Crippen LogP contribution is 2.36. The van der Waals surface area contributed by atoms with Crippen molar-refractivity contribution in [2.75, 3.05) is 13.2 Å². The van der Waals surface area contributed by atoms with Gasteiger partial charge in [0.05, 0.1) is 6.61 Å². The summed E-state index contributed by atoms with van der Waals surface area (Å²) in [4.78, 5) is 13.2. The van der Waals surface area contributed by atoms with Crippen LogP contribution in [0.4, 0.5) is 5.95 Å². The fourth-order valence-electron chi connectivity index (χ4n) is 1.02. The van der Waals surface area contributed by atoms with Gasteiger partial charge in [-0.15, -0.1) is 10.8 Å². The van der Waals surface area contributed by atoms with Crippen molar-refractivity contribution in [2.45, 2.75) is 5.88 Å². The van der Waals surface area contributed by atoms with Gasteiger partial charge in [0, 0.05) is 6.54 Å². The maximum Gasteiger partial charge on any atom is 0.435 e. The monoisotopic (exact) mass is 252 g/mol. The van der Waals surface area contributed by atoms with Crippen molar-refractivity contribution in [1.82, 2.24) is 14.3 Å². The zero-order chi connectivity index (χ0) is 12.2. The van der Waals surface area contributed by atoms with Gasteiger partial charge in [0.1, 0.15) is 12.4 Å². The van der Waals surface area contributed by atoms with E-state index in [0.717, 1.165) is 4.57 Å². The summed E-state index contributed by atoms with van der Waals surface area (Å²) in [5.41, 5.74) is 0. The number of aromatic nitrogens is 2. The SMILES string of the molecule is O=[N+]([O-])c1nccn1CS(O)(O)NCCO. The Labute approximate surface area is 92.4 Å². The summed E-state index contributed by atoms with van der Waals surface area (Å²) >= 11 is 0. The van der Waals surface area contributed by atoms with Crippen molar-refractivity contribution in [3.63, 3.8) is 0 Å². The van der Waals surface area contributed by atoms with Crippen LogP contribution in [0.5, 0.6) is 0 Å². The Balaban J connectivity index is 2.71. The van der Waals surface area contributed by atoms with Gasteiger partial charge in [-0.3, -0.25) is 9.11 Å². The van der Waals surface area contributed by atoms with Crippen molar-refractivity contribution < 1.29 is 19.1 Å². The second-order valence-electron chi connectivity index (χ2n) is 2.87. The molecule has 92 valence electrons. The molecule has 0 atom stereocenters. The van der Waals surface area contributed by atoms with Crippen molar-refractivity contribution in [2.24, 2.45) is 0 Å². The molecule has 1 aromatic rings. The lowest BCUT2D eigenvalue weighted by Gasteiger charge is -2.31. The molecule has 0 bridgehead atoms. The number of nitro groups is 1. The second kappa shape index (κ2) is 5.23. The Morgan fingerprint density at radius 3 is 2.88 bits per heavy atom. The number of nitrogens with zero attached hydrogens (tertiary/aromatic N) is 3. The van der Waals surface area contributed by atoms with Gasteiger partial charge < -0.3 is 15.2 Å². The molecular weight excluding hydrogens is 240 g/mol. The molecule has 0 aliphatic rings. The molecule has 1 rings (SSSR count). The fraction of sp³-hybridized carbons (Fsp3) is 0.500. The topological polar surface area (TPSA) is 134 Å². The van der Waals surface area contributed by atoms with E-state index in [9.17, 15) is 19.2 Å². The van der Waals surface area contributed by atoms with Gasteiger partial charge in [-0.25, -0.2) is 9.29 Å². The Morgan fingerprint density at radius 2 is 2.31 bits per heavy atom. The number of aliphatic hydroxyl groups excluding tert-OH is 1. The molecular formula is C6H12N4O5S. The van der Waals surface area contributed by atoms with Crippen molar-refractivity contribution in [3.05, 3.63) is 22.5 Å². The molecule has 0 spiro atoms. The molecule has 0 aliphatic heterocycles. The molecule has 0 aromatic carbocycles. The summed E-state index contributed by atoms with van der Waals surface area (Å²) in [5.74, 6) is -0.852. The van der Waals surface area contributed by atoms with Gasteiger partial charge >= 0.3 is 5.95 Å². The van der Waals surface area contributed by atoms with E-state index in [2.05, 4.69) is 9.71 Å². The Morgan fingerprint density at radius 1 is 1.62 bits per heavy atom. The molecule has 0 amide bonds. The molecule has 1 heterocycles. The summed E-state index contributed by atoms with van der Waals surface area (Å²) in [5, 5.41) is 19.0. The first-order chi connectivity index (χ1) is 7.46. The molecule has 10 heteroatoms. The van der Waals surface area contributed by atoms with Crippen LogP contribution in [0.1, 0.15) is 0 Å². The standard InChI is InChI=1S/C6H12N4O5S/c11-4-2-8-16(14,15)5-9-3-1-7-6(9)10(12)13/h1,3,8,11,14-15H,2,4-5H2. The van der Waals surface area contributed by atoms with Crippen LogP contribution in [0.15, 0.2) is 12.4 Å². The fourth-order valence-corrected chi connectivity index (χ4v) is 2.12. The van der Waals surface area contributed by atoms with Crippen LogP contribution in [0.2, 0.25) is 0 Å². The molecule has 9 nitrogen and oxygen atoms in total. The summed E-state index contributed by atoms with van der Waals surface area (Å²) in [6, 6.07) is 0. The van der Waals surface area contributed by atoms with E-state index in [1.165, 1.54) is 12.4 Å². The third-order valence-corrected chi connectivity index (χ3v) is 2.93. The number of hydrogen-bond acceptors (Lipinski definition) is 7. The van der Waals surface area contributed by atoms with E-state index in [-0.39, 0.29) is 19.0 Å².